The largest absolute Gasteiger partial charge is 0.480 e. The number of thiol groups is 2. The van der Waals surface area contributed by atoms with Gasteiger partial charge in [0.15, 0.2) is 0 Å². The van der Waals surface area contributed by atoms with Crippen LogP contribution in [0.1, 0.15) is 0 Å². The Bertz CT molecular complexity index is 197. The first-order valence-corrected chi connectivity index (χ1v) is 7.95. The van der Waals surface area contributed by atoms with Crippen LogP contribution in [-0.2, 0) is 9.59 Å². The van der Waals surface area contributed by atoms with E-state index < -0.39 is 24.0 Å². The molecule has 2 atom stereocenters. The van der Waals surface area contributed by atoms with Crippen LogP contribution >= 0.6 is 44.9 Å². The Balaban J connectivity index is 0. The zero-order valence-electron chi connectivity index (χ0n) is 8.15. The van der Waals surface area contributed by atoms with E-state index in [2.05, 4.69) is 23.3 Å². The lowest BCUT2D eigenvalue weighted by atomic mass is 10.4. The van der Waals surface area contributed by atoms with Crippen molar-refractivity contribution in [3.8, 4) is 0 Å². The fraction of sp³-hybridized carbons (Fsp3) is 0.667. The molecule has 0 aliphatic rings. The first kappa shape index (κ1) is 18.6. The predicted molar refractivity (Wildman–Crippen MR) is 74.1 cm³/mol. The van der Waals surface area contributed by atoms with Gasteiger partial charge in [0, 0.05) is 11.5 Å². The van der Waals surface area contributed by atoms with Crippen molar-refractivity contribution in [2.24, 2.45) is 11.5 Å². The van der Waals surface area contributed by atoms with Gasteiger partial charge in [-0.2, -0.15) is 0 Å². The quantitative estimate of drug-likeness (QED) is 0.220. The van der Waals surface area contributed by atoms with Gasteiger partial charge in [-0.05, 0) is 0 Å². The van der Waals surface area contributed by atoms with E-state index >= 15 is 0 Å². The van der Waals surface area contributed by atoms with Gasteiger partial charge >= 0.3 is 11.9 Å². The smallest absolute Gasteiger partial charge is 0.321 e. The summed E-state index contributed by atoms with van der Waals surface area (Å²) < 4.78 is 0. The lowest BCUT2D eigenvalue weighted by Crippen LogP contribution is -2.33. The van der Waals surface area contributed by atoms with Crippen LogP contribution in [0.2, 0.25) is 0 Å². The van der Waals surface area contributed by atoms with E-state index in [1.807, 2.05) is 0 Å². The highest BCUT2D eigenvalue weighted by molar-refractivity contribution is 8.76. The summed E-state index contributed by atoms with van der Waals surface area (Å²) in [6.45, 7) is 0. The van der Waals surface area contributed by atoms with Crippen LogP contribution in [0.5, 0.6) is 0 Å². The maximum absolute atomic E-state index is 10.3. The highest BCUT2D eigenvalue weighted by atomic mass is 33.1. The zero-order chi connectivity index (χ0) is 13.1. The summed E-state index contributed by atoms with van der Waals surface area (Å²) in [5.41, 5.74) is 10.4. The molecule has 0 saturated heterocycles. The summed E-state index contributed by atoms with van der Waals surface area (Å²) in [6, 6.07) is -1.85. The molecule has 0 aromatic rings. The van der Waals surface area contributed by atoms with Crippen LogP contribution < -0.4 is 11.5 Å². The molecule has 10 heteroatoms. The van der Waals surface area contributed by atoms with Gasteiger partial charge in [-0.3, -0.25) is 9.59 Å². The van der Waals surface area contributed by atoms with E-state index in [9.17, 15) is 9.59 Å². The maximum atomic E-state index is 10.3. The predicted octanol–water partition coefficient (Wildman–Crippen LogP) is -0.0474. The van der Waals surface area contributed by atoms with Gasteiger partial charge in [0.1, 0.15) is 12.1 Å². The average molecular weight is 306 g/mol. The number of nitrogens with two attached hydrogens (primary N) is 2. The van der Waals surface area contributed by atoms with Gasteiger partial charge < -0.3 is 21.7 Å². The summed E-state index contributed by atoms with van der Waals surface area (Å²) in [7, 11) is 2.41. The lowest BCUT2D eigenvalue weighted by molar-refractivity contribution is -0.138. The third kappa shape index (κ3) is 10.8. The lowest BCUT2D eigenvalue weighted by Gasteiger charge is -2.07. The molecule has 0 amide bonds. The van der Waals surface area contributed by atoms with Gasteiger partial charge in [-0.1, -0.05) is 21.6 Å². The summed E-state index contributed by atoms with van der Waals surface area (Å²) in [5, 5.41) is 16.8. The molecular formula is C6H14N2O4S4. The van der Waals surface area contributed by atoms with E-state index in [1.54, 1.807) is 0 Å². The summed E-state index contributed by atoms with van der Waals surface area (Å²) in [6.07, 6.45) is 0. The number of carbonyl (C=O) groups is 2. The molecule has 0 saturated carbocycles. The van der Waals surface area contributed by atoms with Crippen LogP contribution in [0.15, 0.2) is 0 Å². The Morgan fingerprint density at radius 1 is 1.00 bits per heavy atom. The van der Waals surface area contributed by atoms with Gasteiger partial charge in [-0.15, -0.1) is 23.3 Å². The molecule has 0 aliphatic carbocycles. The molecule has 0 spiro atoms. The molecule has 6 N–H and O–H groups in total. The van der Waals surface area contributed by atoms with E-state index in [-0.39, 0.29) is 11.5 Å². The van der Waals surface area contributed by atoms with E-state index in [1.165, 1.54) is 21.6 Å². The molecule has 0 bridgehead atoms. The van der Waals surface area contributed by atoms with Crippen molar-refractivity contribution in [2.45, 2.75) is 12.1 Å². The van der Waals surface area contributed by atoms with Crippen LogP contribution in [0, 0.1) is 0 Å². The van der Waals surface area contributed by atoms with Gasteiger partial charge in [0.05, 0.1) is 0 Å². The molecule has 0 aliphatic heterocycles. The van der Waals surface area contributed by atoms with Crippen molar-refractivity contribution in [3.63, 3.8) is 0 Å². The summed E-state index contributed by atoms with van der Waals surface area (Å²) >= 11 is 6.44. The number of carboxylic acid groups (broad SMARTS) is 2. The number of carboxylic acids is 2. The molecule has 16 heavy (non-hydrogen) atoms. The molecule has 0 aromatic carbocycles. The van der Waals surface area contributed by atoms with E-state index in [0.717, 1.165) is 0 Å². The SMILES string of the molecule is NC(CSSCC(N)C(=O)O)C(=O)O.SS. The van der Waals surface area contributed by atoms with Crippen molar-refractivity contribution in [1.29, 1.82) is 0 Å². The Hall–Kier alpha value is 0.260. The molecule has 96 valence electrons. The van der Waals surface area contributed by atoms with Crippen molar-refractivity contribution >= 4 is 56.8 Å². The van der Waals surface area contributed by atoms with Gasteiger partial charge in [0.2, 0.25) is 0 Å². The van der Waals surface area contributed by atoms with Crippen molar-refractivity contribution in [3.05, 3.63) is 0 Å². The molecular weight excluding hydrogens is 292 g/mol. The van der Waals surface area contributed by atoms with Crippen LogP contribution in [-0.4, -0.2) is 45.7 Å². The molecule has 0 radical (unpaired) electrons. The second kappa shape index (κ2) is 11.7. The second-order valence-electron chi connectivity index (χ2n) is 2.46. The fourth-order valence-corrected chi connectivity index (χ4v) is 2.61. The second-order valence-corrected chi connectivity index (χ2v) is 5.01. The van der Waals surface area contributed by atoms with Crippen molar-refractivity contribution < 1.29 is 19.8 Å². The van der Waals surface area contributed by atoms with Crippen molar-refractivity contribution in [2.75, 3.05) is 11.5 Å². The molecule has 0 heterocycles. The van der Waals surface area contributed by atoms with Crippen LogP contribution in [0.25, 0.3) is 0 Å². The number of hydrogen-bond donors (Lipinski definition) is 6. The molecule has 0 fully saturated rings. The Labute approximate surface area is 112 Å². The summed E-state index contributed by atoms with van der Waals surface area (Å²) in [5.74, 6) is -1.68. The molecule has 0 aromatic heterocycles. The fourth-order valence-electron chi connectivity index (χ4n) is 0.385. The highest BCUT2D eigenvalue weighted by Crippen LogP contribution is 2.22. The Morgan fingerprint density at radius 3 is 1.44 bits per heavy atom. The first-order chi connectivity index (χ1) is 7.45. The third-order valence-electron chi connectivity index (χ3n) is 1.21. The molecule has 0 rings (SSSR count). The minimum atomic E-state index is -1.07. The monoisotopic (exact) mass is 306 g/mol. The number of rotatable bonds is 7. The molecule has 2 unspecified atom stereocenters. The van der Waals surface area contributed by atoms with Crippen LogP contribution in [0.3, 0.4) is 0 Å². The normalized spacial score (nSPS) is 13.2. The molecule has 6 nitrogen and oxygen atoms in total. The number of hydrogen-bond acceptors (Lipinski definition) is 8. The summed E-state index contributed by atoms with van der Waals surface area (Å²) in [4.78, 5) is 20.5. The van der Waals surface area contributed by atoms with Crippen molar-refractivity contribution in [1.82, 2.24) is 0 Å². The van der Waals surface area contributed by atoms with Crippen LogP contribution in [0.4, 0.5) is 0 Å². The minimum absolute atomic E-state index is 0.229. The number of aliphatic carboxylic acids is 2. The van der Waals surface area contributed by atoms with E-state index in [0.29, 0.717) is 0 Å². The average Bonchev–Trinajstić information content (AvgIpc) is 2.26. The third-order valence-corrected chi connectivity index (χ3v) is 3.69. The highest BCUT2D eigenvalue weighted by Gasteiger charge is 2.14. The minimum Gasteiger partial charge on any atom is -0.480 e. The Kier molecular flexibility index (Phi) is 13.7. The van der Waals surface area contributed by atoms with Gasteiger partial charge in [-0.25, -0.2) is 0 Å². The standard InChI is InChI=1S/C6H12N2O4S2.H2S2/c7-3(5(9)10)1-13-14-2-4(8)6(11)12;1-2/h3-4H,1-2,7-8H2,(H,9,10)(H,11,12);1-2H. The van der Waals surface area contributed by atoms with E-state index in [4.69, 9.17) is 21.7 Å². The first-order valence-electron chi connectivity index (χ1n) is 3.86. The topological polar surface area (TPSA) is 127 Å². The Morgan fingerprint density at radius 2 is 1.25 bits per heavy atom. The zero-order valence-corrected chi connectivity index (χ0v) is 11.6. The maximum Gasteiger partial charge on any atom is 0.321 e. The van der Waals surface area contributed by atoms with Gasteiger partial charge in [0.25, 0.3) is 0 Å².